The van der Waals surface area contributed by atoms with Crippen molar-refractivity contribution in [1.29, 1.82) is 0 Å². The number of hydrogen-bond donors (Lipinski definition) is 1. The van der Waals surface area contributed by atoms with Crippen LogP contribution < -0.4 is 0 Å². The molecule has 0 bridgehead atoms. The van der Waals surface area contributed by atoms with E-state index in [1.807, 2.05) is 12.2 Å². The largest absolute Gasteiger partial charge is 0.516 e. The van der Waals surface area contributed by atoms with E-state index in [2.05, 4.69) is 14.8 Å². The predicted molar refractivity (Wildman–Crippen MR) is 168 cm³/mol. The first-order chi connectivity index (χ1) is 22.1. The molecule has 9 nitrogen and oxygen atoms in total. The van der Waals surface area contributed by atoms with E-state index < -0.39 is 17.5 Å². The number of nitrogens with zero attached hydrogens (tertiary/aromatic N) is 4. The first-order valence-corrected chi connectivity index (χ1v) is 15.5. The third kappa shape index (κ3) is 7.84. The Bertz CT molecular complexity index is 1480. The molecule has 3 unspecified atom stereocenters. The van der Waals surface area contributed by atoms with E-state index in [4.69, 9.17) is 19.6 Å². The molecule has 1 aromatic carbocycles. The molecule has 2 saturated heterocycles. The molecule has 1 aromatic rings. The standard InChI is InChI=1S/C34H39F3N4O5/c1-22(43)24-6-7-26(28(17-24)34(35,36)37)19-38-29(5-3-4-15-42)23-10-13-40(14-11-23)21-32-39-30-9-8-25(33(44)45-2)18-31(30)41(32)20-27-12-16-46-27/h3-9,15,17-18,23,27,30-31,42H,10-14,16,19-21H2,1-2H3/b5-3-,15-4+,38-29+. The summed E-state index contributed by atoms with van der Waals surface area (Å²) in [7, 11) is 1.37. The lowest BCUT2D eigenvalue weighted by Gasteiger charge is -2.38. The Hall–Kier alpha value is -4.03. The molecule has 0 radical (unpaired) electrons. The van der Waals surface area contributed by atoms with Crippen LogP contribution in [0.4, 0.5) is 13.2 Å². The zero-order chi connectivity index (χ0) is 32.8. The maximum Gasteiger partial charge on any atom is 0.416 e. The second-order valence-corrected chi connectivity index (χ2v) is 11.9. The molecule has 0 amide bonds. The molecule has 3 aliphatic heterocycles. The quantitative estimate of drug-likeness (QED) is 0.118. The summed E-state index contributed by atoms with van der Waals surface area (Å²) < 4.78 is 52.2. The number of aliphatic hydroxyl groups excluding tert-OH is 1. The zero-order valence-electron chi connectivity index (χ0n) is 25.9. The Balaban J connectivity index is 1.28. The van der Waals surface area contributed by atoms with Crippen molar-refractivity contribution in [3.63, 3.8) is 0 Å². The van der Waals surface area contributed by atoms with Crippen LogP contribution in [0.25, 0.3) is 0 Å². The minimum atomic E-state index is -4.62. The number of carbonyl (C=O) groups excluding carboxylic acids is 2. The summed E-state index contributed by atoms with van der Waals surface area (Å²) in [5, 5.41) is 9.11. The second kappa shape index (κ2) is 14.6. The number of Topliss-reactive ketones (excluding diaryl/α,β-unsaturated/α-hetero) is 1. The molecule has 0 aromatic heterocycles. The van der Waals surface area contributed by atoms with Gasteiger partial charge in [-0.25, -0.2) is 4.79 Å². The normalized spacial score (nSPS) is 24.2. The second-order valence-electron chi connectivity index (χ2n) is 11.9. The van der Waals surface area contributed by atoms with E-state index in [9.17, 15) is 22.8 Å². The highest BCUT2D eigenvalue weighted by Crippen LogP contribution is 2.34. The molecule has 246 valence electrons. The third-order valence-electron chi connectivity index (χ3n) is 8.87. The number of aliphatic hydroxyl groups is 1. The molecule has 1 aliphatic carbocycles. The SMILES string of the molecule is COC(=O)C1=CC2C(C=C1)N=C(CN1CCC(C(/C=C\C=C\O)=N/Cc3ccc(C(C)=O)cc3C(F)(F)F)CC1)N2CC1CCO1. The van der Waals surface area contributed by atoms with Gasteiger partial charge in [-0.15, -0.1) is 0 Å². The van der Waals surface area contributed by atoms with Crippen LogP contribution in [0.5, 0.6) is 0 Å². The van der Waals surface area contributed by atoms with Gasteiger partial charge in [0.2, 0.25) is 0 Å². The maximum atomic E-state index is 13.9. The molecular weight excluding hydrogens is 601 g/mol. The first kappa shape index (κ1) is 33.3. The molecule has 1 N–H and O–H groups in total. The molecule has 0 spiro atoms. The van der Waals surface area contributed by atoms with Gasteiger partial charge in [0.25, 0.3) is 0 Å². The van der Waals surface area contributed by atoms with Crippen LogP contribution in [0.15, 0.2) is 76.5 Å². The van der Waals surface area contributed by atoms with Crippen molar-refractivity contribution in [3.05, 3.63) is 83.2 Å². The number of ether oxygens (including phenoxy) is 2. The molecule has 0 saturated carbocycles. The highest BCUT2D eigenvalue weighted by atomic mass is 19.4. The lowest BCUT2D eigenvalue weighted by atomic mass is 9.91. The number of ketones is 1. The molecule has 46 heavy (non-hydrogen) atoms. The Labute approximate surface area is 266 Å². The number of amidine groups is 1. The number of fused-ring (bicyclic) bond motifs is 1. The topological polar surface area (TPSA) is 104 Å². The first-order valence-electron chi connectivity index (χ1n) is 15.5. The number of methoxy groups -OCH3 is 1. The van der Waals surface area contributed by atoms with E-state index >= 15 is 0 Å². The number of carbonyl (C=O) groups is 2. The molecule has 12 heteroatoms. The average Bonchev–Trinajstić information content (AvgIpc) is 3.35. The fourth-order valence-electron chi connectivity index (χ4n) is 6.21. The summed E-state index contributed by atoms with van der Waals surface area (Å²) in [5.41, 5.74) is 0.291. The number of hydrogen-bond acceptors (Lipinski definition) is 9. The van der Waals surface area contributed by atoms with Crippen molar-refractivity contribution in [2.24, 2.45) is 15.9 Å². The van der Waals surface area contributed by atoms with Crippen molar-refractivity contribution in [2.75, 3.05) is 39.9 Å². The monoisotopic (exact) mass is 640 g/mol. The minimum absolute atomic E-state index is 0.00137. The van der Waals surface area contributed by atoms with Crippen molar-refractivity contribution >= 4 is 23.3 Å². The van der Waals surface area contributed by atoms with Crippen molar-refractivity contribution in [3.8, 4) is 0 Å². The number of rotatable bonds is 11. The number of likely N-dealkylation sites (tertiary alicyclic amines) is 1. The Morgan fingerprint density at radius 3 is 2.59 bits per heavy atom. The molecule has 3 atom stereocenters. The van der Waals surface area contributed by atoms with Gasteiger partial charge in [-0.05, 0) is 75.2 Å². The molecule has 3 heterocycles. The molecule has 4 aliphatic rings. The van der Waals surface area contributed by atoms with Crippen LogP contribution in [0, 0.1) is 5.92 Å². The summed E-state index contributed by atoms with van der Waals surface area (Å²) in [6, 6.07) is 3.41. The smallest absolute Gasteiger partial charge is 0.416 e. The van der Waals surface area contributed by atoms with E-state index in [0.717, 1.165) is 57.1 Å². The Morgan fingerprint density at radius 2 is 1.96 bits per heavy atom. The average molecular weight is 641 g/mol. The highest BCUT2D eigenvalue weighted by molar-refractivity contribution is 5.97. The van der Waals surface area contributed by atoms with Crippen molar-refractivity contribution in [2.45, 2.75) is 57.1 Å². The van der Waals surface area contributed by atoms with Gasteiger partial charge in [0.1, 0.15) is 5.84 Å². The van der Waals surface area contributed by atoms with E-state index in [0.29, 0.717) is 24.4 Å². The zero-order valence-corrected chi connectivity index (χ0v) is 25.9. The number of piperidine rings is 1. The van der Waals surface area contributed by atoms with Crippen LogP contribution in [-0.4, -0.2) is 96.3 Å². The van der Waals surface area contributed by atoms with Crippen molar-refractivity contribution < 1.29 is 37.3 Å². The van der Waals surface area contributed by atoms with Crippen molar-refractivity contribution in [1.82, 2.24) is 9.80 Å². The van der Waals surface area contributed by atoms with Crippen LogP contribution in [0.3, 0.4) is 0 Å². The van der Waals surface area contributed by atoms with E-state index in [1.165, 1.54) is 32.2 Å². The van der Waals surface area contributed by atoms with Crippen LogP contribution in [0.2, 0.25) is 0 Å². The predicted octanol–water partition coefficient (Wildman–Crippen LogP) is 5.10. The minimum Gasteiger partial charge on any atom is -0.516 e. The fraction of sp³-hybridized carbons (Fsp3) is 0.471. The third-order valence-corrected chi connectivity index (χ3v) is 8.87. The summed E-state index contributed by atoms with van der Waals surface area (Å²) in [4.78, 5) is 38.1. The molecule has 2 fully saturated rings. The summed E-state index contributed by atoms with van der Waals surface area (Å²) >= 11 is 0. The van der Waals surface area contributed by atoms with Gasteiger partial charge in [0.05, 0.1) is 55.8 Å². The van der Waals surface area contributed by atoms with Gasteiger partial charge in [-0.3, -0.25) is 19.7 Å². The van der Waals surface area contributed by atoms with Gasteiger partial charge in [-0.1, -0.05) is 24.3 Å². The number of halogens is 3. The fourth-order valence-corrected chi connectivity index (χ4v) is 6.21. The lowest BCUT2D eigenvalue weighted by Crippen LogP contribution is -2.50. The lowest BCUT2D eigenvalue weighted by molar-refractivity contribution is -0.138. The molecule has 5 rings (SSSR count). The van der Waals surface area contributed by atoms with Gasteiger partial charge in [0, 0.05) is 30.3 Å². The van der Waals surface area contributed by atoms with Gasteiger partial charge in [-0.2, -0.15) is 13.2 Å². The summed E-state index contributed by atoms with van der Waals surface area (Å²) in [5.74, 6) is 0.124. The van der Waals surface area contributed by atoms with Gasteiger partial charge in [0.15, 0.2) is 5.78 Å². The van der Waals surface area contributed by atoms with E-state index in [1.54, 1.807) is 18.2 Å². The summed E-state index contributed by atoms with van der Waals surface area (Å²) in [6.45, 7) is 4.55. The number of alkyl halides is 3. The number of benzene rings is 1. The number of allylic oxidation sites excluding steroid dienone is 3. The van der Waals surface area contributed by atoms with Gasteiger partial charge < -0.3 is 19.5 Å². The van der Waals surface area contributed by atoms with Crippen LogP contribution in [0.1, 0.15) is 47.7 Å². The maximum absolute atomic E-state index is 13.9. The van der Waals surface area contributed by atoms with Crippen LogP contribution in [-0.2, 0) is 27.0 Å². The molecular formula is C34H39F3N4O5. The van der Waals surface area contributed by atoms with E-state index in [-0.39, 0.29) is 47.7 Å². The Morgan fingerprint density at radius 1 is 1.20 bits per heavy atom. The van der Waals surface area contributed by atoms with Crippen LogP contribution >= 0.6 is 0 Å². The summed E-state index contributed by atoms with van der Waals surface area (Å²) in [6.07, 6.45) is 9.23. The number of esters is 1. The highest BCUT2D eigenvalue weighted by Gasteiger charge is 2.39. The van der Waals surface area contributed by atoms with Gasteiger partial charge >= 0.3 is 12.1 Å². The number of aliphatic imine (C=N–C) groups is 2. The Kier molecular flexibility index (Phi) is 10.6.